The maximum Gasteiger partial charge on any atom is 0.339 e. The molecule has 1 aromatic rings. The van der Waals surface area contributed by atoms with Crippen molar-refractivity contribution in [3.63, 3.8) is 0 Å². The van der Waals surface area contributed by atoms with Gasteiger partial charge in [-0.1, -0.05) is 23.8 Å². The molecule has 0 saturated carbocycles. The first-order chi connectivity index (χ1) is 8.17. The van der Waals surface area contributed by atoms with E-state index >= 15 is 0 Å². The van der Waals surface area contributed by atoms with Gasteiger partial charge in [0.1, 0.15) is 0 Å². The van der Waals surface area contributed by atoms with Gasteiger partial charge in [-0.25, -0.2) is 4.79 Å². The molecule has 0 fully saturated rings. The molecular weight excluding hydrogens is 214 g/mol. The lowest BCUT2D eigenvalue weighted by molar-refractivity contribution is 0.0600. The minimum absolute atomic E-state index is 0.356. The van der Waals surface area contributed by atoms with Crippen LogP contribution in [0.4, 0.5) is 0 Å². The van der Waals surface area contributed by atoms with Crippen LogP contribution in [0.1, 0.15) is 29.9 Å². The van der Waals surface area contributed by atoms with Gasteiger partial charge in [-0.3, -0.25) is 4.98 Å². The van der Waals surface area contributed by atoms with Crippen molar-refractivity contribution < 1.29 is 9.53 Å². The number of aromatic nitrogens is 1. The van der Waals surface area contributed by atoms with Crippen LogP contribution < -0.4 is 0 Å². The molecule has 90 valence electrons. The molecule has 0 radical (unpaired) electrons. The van der Waals surface area contributed by atoms with Crippen molar-refractivity contribution in [1.29, 1.82) is 0 Å². The van der Waals surface area contributed by atoms with E-state index in [4.69, 9.17) is 0 Å². The van der Waals surface area contributed by atoms with Crippen LogP contribution in [0.5, 0.6) is 0 Å². The number of nitrogens with zero attached hydrogens (tertiary/aromatic N) is 1. The van der Waals surface area contributed by atoms with Gasteiger partial charge in [-0.05, 0) is 26.0 Å². The van der Waals surface area contributed by atoms with E-state index in [1.165, 1.54) is 12.7 Å². The number of hydrogen-bond donors (Lipinski definition) is 0. The Labute approximate surface area is 102 Å². The molecule has 0 N–H and O–H groups in total. The third kappa shape index (κ3) is 4.23. The van der Waals surface area contributed by atoms with E-state index in [1.807, 2.05) is 25.1 Å². The topological polar surface area (TPSA) is 39.2 Å². The zero-order valence-corrected chi connectivity index (χ0v) is 10.4. The van der Waals surface area contributed by atoms with E-state index in [0.29, 0.717) is 5.56 Å². The highest BCUT2D eigenvalue weighted by atomic mass is 16.5. The third-order valence-corrected chi connectivity index (χ3v) is 2.28. The second kappa shape index (κ2) is 6.63. The van der Waals surface area contributed by atoms with Gasteiger partial charge in [-0.2, -0.15) is 0 Å². The Morgan fingerprint density at radius 1 is 1.47 bits per heavy atom. The minimum Gasteiger partial charge on any atom is -0.465 e. The Morgan fingerprint density at radius 2 is 2.24 bits per heavy atom. The Balaban J connectivity index is 2.72. The quantitative estimate of drug-likeness (QED) is 0.590. The number of esters is 1. The number of carbonyl (C=O) groups is 1. The predicted octanol–water partition coefficient (Wildman–Crippen LogP) is 2.93. The molecule has 1 heterocycles. The summed E-state index contributed by atoms with van der Waals surface area (Å²) >= 11 is 0. The molecule has 0 spiro atoms. The number of carbonyl (C=O) groups excluding carboxylic acids is 1. The standard InChI is InChI=1S/C14H17NO2/c1-4-5-6-11(2)9-13-8-7-12(10-15-13)14(16)17-3/h4-8,10H,9H2,1-3H3/b5-4-,11-6+. The third-order valence-electron chi connectivity index (χ3n) is 2.28. The zero-order chi connectivity index (χ0) is 12.7. The summed E-state index contributed by atoms with van der Waals surface area (Å²) < 4.78 is 4.61. The summed E-state index contributed by atoms with van der Waals surface area (Å²) in [5.74, 6) is -0.356. The van der Waals surface area contributed by atoms with Crippen LogP contribution in [-0.4, -0.2) is 18.1 Å². The smallest absolute Gasteiger partial charge is 0.339 e. The van der Waals surface area contributed by atoms with Gasteiger partial charge in [0.05, 0.1) is 12.7 Å². The van der Waals surface area contributed by atoms with Crippen LogP contribution >= 0.6 is 0 Å². The van der Waals surface area contributed by atoms with E-state index in [0.717, 1.165) is 12.1 Å². The van der Waals surface area contributed by atoms with E-state index in [-0.39, 0.29) is 5.97 Å². The van der Waals surface area contributed by atoms with Gasteiger partial charge in [0, 0.05) is 18.3 Å². The number of ether oxygens (including phenoxy) is 1. The molecule has 0 aromatic carbocycles. The molecule has 3 nitrogen and oxygen atoms in total. The van der Waals surface area contributed by atoms with E-state index < -0.39 is 0 Å². The normalized spacial score (nSPS) is 11.8. The lowest BCUT2D eigenvalue weighted by Crippen LogP contribution is -2.02. The van der Waals surface area contributed by atoms with Gasteiger partial charge in [-0.15, -0.1) is 0 Å². The number of rotatable bonds is 4. The molecule has 3 heteroatoms. The summed E-state index contributed by atoms with van der Waals surface area (Å²) in [5, 5.41) is 0. The first-order valence-electron chi connectivity index (χ1n) is 5.49. The van der Waals surface area contributed by atoms with Gasteiger partial charge >= 0.3 is 5.97 Å². The lowest BCUT2D eigenvalue weighted by Gasteiger charge is -2.02. The fourth-order valence-electron chi connectivity index (χ4n) is 1.37. The number of methoxy groups -OCH3 is 1. The largest absolute Gasteiger partial charge is 0.465 e. The number of pyridine rings is 1. The van der Waals surface area contributed by atoms with Gasteiger partial charge in [0.15, 0.2) is 0 Å². The molecule has 0 atom stereocenters. The van der Waals surface area contributed by atoms with E-state index in [2.05, 4.69) is 22.7 Å². The SMILES string of the molecule is C/C=C\C=C(/C)Cc1ccc(C(=O)OC)cn1. The Bertz CT molecular complexity index is 430. The van der Waals surface area contributed by atoms with Crippen molar-refractivity contribution in [2.24, 2.45) is 0 Å². The van der Waals surface area contributed by atoms with E-state index in [9.17, 15) is 4.79 Å². The zero-order valence-electron chi connectivity index (χ0n) is 10.4. The minimum atomic E-state index is -0.356. The Hall–Kier alpha value is -1.90. The first-order valence-corrected chi connectivity index (χ1v) is 5.49. The predicted molar refractivity (Wildman–Crippen MR) is 67.9 cm³/mol. The highest BCUT2D eigenvalue weighted by Crippen LogP contribution is 2.07. The maximum atomic E-state index is 11.2. The summed E-state index contributed by atoms with van der Waals surface area (Å²) in [6.45, 7) is 4.03. The average molecular weight is 231 g/mol. The van der Waals surface area contributed by atoms with Crippen molar-refractivity contribution in [2.45, 2.75) is 20.3 Å². The summed E-state index contributed by atoms with van der Waals surface area (Å²) in [7, 11) is 1.36. The maximum absolute atomic E-state index is 11.2. The van der Waals surface area contributed by atoms with Crippen LogP contribution in [0.3, 0.4) is 0 Å². The number of hydrogen-bond acceptors (Lipinski definition) is 3. The molecule has 0 unspecified atom stereocenters. The Morgan fingerprint density at radius 3 is 2.76 bits per heavy atom. The fraction of sp³-hybridized carbons (Fsp3) is 0.286. The molecule has 0 aliphatic heterocycles. The average Bonchev–Trinajstić information content (AvgIpc) is 2.36. The van der Waals surface area contributed by atoms with Crippen LogP contribution in [0.2, 0.25) is 0 Å². The highest BCUT2D eigenvalue weighted by molar-refractivity contribution is 5.88. The molecule has 1 rings (SSSR count). The fourth-order valence-corrected chi connectivity index (χ4v) is 1.37. The van der Waals surface area contributed by atoms with Crippen molar-refractivity contribution in [1.82, 2.24) is 4.98 Å². The second-order valence-electron chi connectivity index (χ2n) is 3.75. The molecule has 0 aliphatic rings. The van der Waals surface area contributed by atoms with Gasteiger partial charge < -0.3 is 4.74 Å². The summed E-state index contributed by atoms with van der Waals surface area (Å²) in [4.78, 5) is 15.4. The van der Waals surface area contributed by atoms with Crippen LogP contribution in [0.25, 0.3) is 0 Å². The molecule has 0 aliphatic carbocycles. The van der Waals surface area contributed by atoms with Crippen LogP contribution in [-0.2, 0) is 11.2 Å². The molecule has 0 bridgehead atoms. The van der Waals surface area contributed by atoms with Crippen molar-refractivity contribution >= 4 is 5.97 Å². The van der Waals surface area contributed by atoms with Crippen molar-refractivity contribution in [2.75, 3.05) is 7.11 Å². The van der Waals surface area contributed by atoms with Crippen LogP contribution in [0, 0.1) is 0 Å². The second-order valence-corrected chi connectivity index (χ2v) is 3.75. The molecule has 0 saturated heterocycles. The molecule has 17 heavy (non-hydrogen) atoms. The highest BCUT2D eigenvalue weighted by Gasteiger charge is 2.05. The first kappa shape index (κ1) is 13.2. The Kier molecular flexibility index (Phi) is 5.14. The summed E-state index contributed by atoms with van der Waals surface area (Å²) in [5.41, 5.74) is 2.64. The van der Waals surface area contributed by atoms with Crippen LogP contribution in [0.15, 0.2) is 42.1 Å². The number of allylic oxidation sites excluding steroid dienone is 4. The monoisotopic (exact) mass is 231 g/mol. The molecule has 1 aromatic heterocycles. The molecule has 0 amide bonds. The van der Waals surface area contributed by atoms with Crippen molar-refractivity contribution in [3.05, 3.63) is 53.4 Å². The lowest BCUT2D eigenvalue weighted by atomic mass is 10.1. The van der Waals surface area contributed by atoms with Gasteiger partial charge in [0.25, 0.3) is 0 Å². The summed E-state index contributed by atoms with van der Waals surface area (Å²) in [6, 6.07) is 3.58. The van der Waals surface area contributed by atoms with E-state index in [1.54, 1.807) is 12.3 Å². The van der Waals surface area contributed by atoms with Gasteiger partial charge in [0.2, 0.25) is 0 Å². The van der Waals surface area contributed by atoms with Crippen molar-refractivity contribution in [3.8, 4) is 0 Å². The summed E-state index contributed by atoms with van der Waals surface area (Å²) in [6.07, 6.45) is 8.36. The molecular formula is C14H17NO2.